The molecule has 4 heteroatoms. The van der Waals surface area contributed by atoms with Gasteiger partial charge in [-0.15, -0.1) is 0 Å². The molecule has 3 N–H and O–H groups in total. The van der Waals surface area contributed by atoms with E-state index in [-0.39, 0.29) is 10.8 Å². The first-order valence-electron chi connectivity index (χ1n) is 6.46. The largest absolute Gasteiger partial charge is 0.476 e. The Bertz CT molecular complexity index is 440. The second-order valence-electron chi connectivity index (χ2n) is 6.04. The van der Waals surface area contributed by atoms with E-state index in [1.165, 1.54) is 0 Å². The number of nitrogen functional groups attached to an aromatic ring is 1. The number of rotatable bonds is 4. The molecule has 1 saturated carbocycles. The predicted molar refractivity (Wildman–Crippen MR) is 74.8 cm³/mol. The minimum atomic E-state index is 0.280. The number of nitrogens with two attached hydrogens (primary N) is 1. The van der Waals surface area contributed by atoms with Crippen molar-refractivity contribution in [2.45, 2.75) is 40.7 Å². The Hall–Kier alpha value is -1.45. The second-order valence-corrected chi connectivity index (χ2v) is 6.04. The summed E-state index contributed by atoms with van der Waals surface area (Å²) in [6, 6.07) is 4.17. The Morgan fingerprint density at radius 3 is 2.39 bits per heavy atom. The molecule has 1 fully saturated rings. The number of hydrogen-bond acceptors (Lipinski definition) is 4. The number of ether oxygens (including phenoxy) is 1. The zero-order chi connectivity index (χ0) is 13.6. The maximum absolute atomic E-state index is 5.81. The minimum Gasteiger partial charge on any atom is -0.476 e. The number of nitrogens with one attached hydrogen (secondary N) is 1. The van der Waals surface area contributed by atoms with Crippen LogP contribution in [0.3, 0.4) is 0 Å². The van der Waals surface area contributed by atoms with E-state index in [0.29, 0.717) is 24.2 Å². The summed E-state index contributed by atoms with van der Waals surface area (Å²) in [7, 11) is 0. The molecular formula is C14H23N3O. The van der Waals surface area contributed by atoms with Crippen molar-refractivity contribution in [3.05, 3.63) is 12.1 Å². The van der Waals surface area contributed by atoms with Gasteiger partial charge in [-0.3, -0.25) is 0 Å². The third kappa shape index (κ3) is 1.89. The summed E-state index contributed by atoms with van der Waals surface area (Å²) in [5.41, 5.74) is 6.95. The van der Waals surface area contributed by atoms with Crippen LogP contribution in [0.1, 0.15) is 34.6 Å². The van der Waals surface area contributed by atoms with Crippen LogP contribution in [0, 0.1) is 10.8 Å². The molecule has 1 aliphatic rings. The molecule has 0 unspecified atom stereocenters. The lowest BCUT2D eigenvalue weighted by molar-refractivity contribution is 0.329. The highest BCUT2D eigenvalue weighted by Gasteiger charge is 2.65. The van der Waals surface area contributed by atoms with Gasteiger partial charge in [-0.05, 0) is 29.9 Å². The van der Waals surface area contributed by atoms with Crippen molar-refractivity contribution >= 4 is 11.5 Å². The lowest BCUT2D eigenvalue weighted by atomic mass is 10.0. The SMILES string of the molecule is CCOc1nc(NC2C(C)(C)C2(C)C)ccc1N. The molecule has 4 nitrogen and oxygen atoms in total. The van der Waals surface area contributed by atoms with Crippen molar-refractivity contribution in [2.24, 2.45) is 10.8 Å². The summed E-state index contributed by atoms with van der Waals surface area (Å²) < 4.78 is 5.41. The van der Waals surface area contributed by atoms with Crippen LogP contribution in [-0.4, -0.2) is 17.6 Å². The highest BCUT2D eigenvalue weighted by atomic mass is 16.5. The van der Waals surface area contributed by atoms with Gasteiger partial charge in [0.25, 0.3) is 0 Å². The minimum absolute atomic E-state index is 0.280. The van der Waals surface area contributed by atoms with Crippen molar-refractivity contribution in [1.82, 2.24) is 4.98 Å². The zero-order valence-corrected chi connectivity index (χ0v) is 11.9. The van der Waals surface area contributed by atoms with Gasteiger partial charge in [0.1, 0.15) is 5.82 Å². The molecule has 0 atom stereocenters. The first-order chi connectivity index (χ1) is 8.30. The lowest BCUT2D eigenvalue weighted by Gasteiger charge is -2.11. The molecule has 1 aromatic heterocycles. The van der Waals surface area contributed by atoms with Crippen molar-refractivity contribution in [1.29, 1.82) is 0 Å². The molecule has 100 valence electrons. The van der Waals surface area contributed by atoms with Gasteiger partial charge in [0.2, 0.25) is 5.88 Å². The predicted octanol–water partition coefficient (Wildman–Crippen LogP) is 2.91. The van der Waals surface area contributed by atoms with E-state index >= 15 is 0 Å². The Balaban J connectivity index is 2.14. The van der Waals surface area contributed by atoms with Crippen molar-refractivity contribution in [3.63, 3.8) is 0 Å². The average molecular weight is 249 g/mol. The molecule has 1 aliphatic carbocycles. The van der Waals surface area contributed by atoms with Crippen molar-refractivity contribution in [2.75, 3.05) is 17.7 Å². The molecule has 1 heterocycles. The molecule has 18 heavy (non-hydrogen) atoms. The van der Waals surface area contributed by atoms with Crippen molar-refractivity contribution in [3.8, 4) is 5.88 Å². The van der Waals surface area contributed by atoms with Gasteiger partial charge >= 0.3 is 0 Å². The normalized spacial score (nSPS) is 20.5. The number of nitrogens with zero attached hydrogens (tertiary/aromatic N) is 1. The summed E-state index contributed by atoms with van der Waals surface area (Å²) >= 11 is 0. The molecular weight excluding hydrogens is 226 g/mol. The monoisotopic (exact) mass is 249 g/mol. The van der Waals surface area contributed by atoms with Crippen LogP contribution in [0.25, 0.3) is 0 Å². The van der Waals surface area contributed by atoms with Gasteiger partial charge in [-0.2, -0.15) is 4.98 Å². The fourth-order valence-electron chi connectivity index (χ4n) is 2.49. The van der Waals surface area contributed by atoms with E-state index in [2.05, 4.69) is 38.0 Å². The first kappa shape index (κ1) is 13.0. The highest BCUT2D eigenvalue weighted by Crippen LogP contribution is 2.63. The number of anilines is 2. The fraction of sp³-hybridized carbons (Fsp3) is 0.643. The molecule has 0 saturated heterocycles. The third-order valence-corrected chi connectivity index (χ3v) is 4.48. The maximum atomic E-state index is 5.81. The van der Waals surface area contributed by atoms with Gasteiger partial charge in [0, 0.05) is 6.04 Å². The Kier molecular flexibility index (Phi) is 2.92. The maximum Gasteiger partial charge on any atom is 0.239 e. The highest BCUT2D eigenvalue weighted by molar-refractivity contribution is 5.55. The lowest BCUT2D eigenvalue weighted by Crippen LogP contribution is -2.12. The first-order valence-corrected chi connectivity index (χ1v) is 6.46. The van der Waals surface area contributed by atoms with Gasteiger partial charge < -0.3 is 15.8 Å². The standard InChI is InChI=1S/C14H23N3O/c1-6-18-11-9(15)7-8-10(16-11)17-12-13(2,3)14(12,4)5/h7-8,12H,6,15H2,1-5H3,(H,16,17). The topological polar surface area (TPSA) is 60.2 Å². The fourth-order valence-corrected chi connectivity index (χ4v) is 2.49. The Morgan fingerprint density at radius 2 is 1.89 bits per heavy atom. The number of pyridine rings is 1. The van der Waals surface area contributed by atoms with Gasteiger partial charge in [-0.25, -0.2) is 0 Å². The van der Waals surface area contributed by atoms with Gasteiger partial charge in [0.05, 0.1) is 12.3 Å². The third-order valence-electron chi connectivity index (χ3n) is 4.48. The molecule has 0 aliphatic heterocycles. The average Bonchev–Trinajstić information content (AvgIpc) is 2.66. The van der Waals surface area contributed by atoms with E-state index < -0.39 is 0 Å². The summed E-state index contributed by atoms with van der Waals surface area (Å²) in [4.78, 5) is 4.41. The van der Waals surface area contributed by atoms with E-state index in [1.54, 1.807) is 0 Å². The summed E-state index contributed by atoms with van der Waals surface area (Å²) in [5, 5.41) is 3.48. The summed E-state index contributed by atoms with van der Waals surface area (Å²) in [5.74, 6) is 1.34. The van der Waals surface area contributed by atoms with Gasteiger partial charge in [0.15, 0.2) is 0 Å². The summed E-state index contributed by atoms with van der Waals surface area (Å²) in [6.45, 7) is 11.6. The van der Waals surface area contributed by atoms with Gasteiger partial charge in [-0.1, -0.05) is 27.7 Å². The van der Waals surface area contributed by atoms with Crippen LogP contribution in [0.4, 0.5) is 11.5 Å². The molecule has 0 aromatic carbocycles. The van der Waals surface area contributed by atoms with Crippen molar-refractivity contribution < 1.29 is 4.74 Å². The van der Waals surface area contributed by atoms with Crippen LogP contribution in [0.5, 0.6) is 5.88 Å². The molecule has 1 aromatic rings. The van der Waals surface area contributed by atoms with E-state index in [9.17, 15) is 0 Å². The number of aromatic nitrogens is 1. The molecule has 0 bridgehead atoms. The van der Waals surface area contributed by atoms with Crippen LogP contribution >= 0.6 is 0 Å². The zero-order valence-electron chi connectivity index (χ0n) is 11.9. The molecule has 0 amide bonds. The molecule has 2 rings (SSSR count). The van der Waals surface area contributed by atoms with E-state index in [4.69, 9.17) is 10.5 Å². The Labute approximate surface area is 109 Å². The second kappa shape index (κ2) is 4.04. The molecule has 0 radical (unpaired) electrons. The quantitative estimate of drug-likeness (QED) is 0.861. The van der Waals surface area contributed by atoms with E-state index in [1.807, 2.05) is 19.1 Å². The molecule has 0 spiro atoms. The smallest absolute Gasteiger partial charge is 0.239 e. The van der Waals surface area contributed by atoms with Crippen LogP contribution in [0.15, 0.2) is 12.1 Å². The van der Waals surface area contributed by atoms with E-state index in [0.717, 1.165) is 5.82 Å². The van der Waals surface area contributed by atoms with Crippen LogP contribution in [0.2, 0.25) is 0 Å². The van der Waals surface area contributed by atoms with Crippen LogP contribution in [-0.2, 0) is 0 Å². The number of hydrogen-bond donors (Lipinski definition) is 2. The van der Waals surface area contributed by atoms with Crippen LogP contribution < -0.4 is 15.8 Å². The summed E-state index contributed by atoms with van der Waals surface area (Å²) in [6.07, 6.45) is 0. The Morgan fingerprint density at radius 1 is 1.28 bits per heavy atom.